The molecule has 0 unspecified atom stereocenters. The van der Waals surface area contributed by atoms with Gasteiger partial charge in [0.25, 0.3) is 5.91 Å². The van der Waals surface area contributed by atoms with Gasteiger partial charge < -0.3 is 10.6 Å². The average Bonchev–Trinajstić information content (AvgIpc) is 3.08. The molecule has 0 spiro atoms. The maximum Gasteiger partial charge on any atom is 0.274 e. The zero-order valence-electron chi connectivity index (χ0n) is 14.6. The highest BCUT2D eigenvalue weighted by molar-refractivity contribution is 6.42. The highest BCUT2D eigenvalue weighted by Gasteiger charge is 2.26. The van der Waals surface area contributed by atoms with E-state index < -0.39 is 5.54 Å². The second-order valence-electron chi connectivity index (χ2n) is 6.77. The van der Waals surface area contributed by atoms with Crippen LogP contribution >= 0.6 is 35.6 Å². The van der Waals surface area contributed by atoms with Gasteiger partial charge in [0.15, 0.2) is 5.69 Å². The SMILES string of the molecule is CC(C)(NC(=O)c1cn(C2CCNCC2)nn1)c1ccc(Cl)c(Cl)c1.Cl. The first-order valence-electron chi connectivity index (χ1n) is 8.27. The molecule has 1 aliphatic rings. The Kier molecular flexibility index (Phi) is 6.91. The molecule has 0 aliphatic carbocycles. The van der Waals surface area contributed by atoms with Crippen LogP contribution in [-0.2, 0) is 5.54 Å². The Morgan fingerprint density at radius 3 is 2.62 bits per heavy atom. The van der Waals surface area contributed by atoms with Crippen LogP contribution in [0.1, 0.15) is 48.8 Å². The average molecular weight is 419 g/mol. The molecule has 2 aromatic rings. The molecule has 26 heavy (non-hydrogen) atoms. The summed E-state index contributed by atoms with van der Waals surface area (Å²) in [5.74, 6) is -0.267. The van der Waals surface area contributed by atoms with Crippen LogP contribution < -0.4 is 10.6 Å². The fourth-order valence-corrected chi connectivity index (χ4v) is 3.23. The highest BCUT2D eigenvalue weighted by Crippen LogP contribution is 2.28. The number of amides is 1. The van der Waals surface area contributed by atoms with Crippen LogP contribution in [-0.4, -0.2) is 34.0 Å². The predicted molar refractivity (Wildman–Crippen MR) is 105 cm³/mol. The zero-order chi connectivity index (χ0) is 18.0. The number of aromatic nitrogens is 3. The first-order valence-corrected chi connectivity index (χ1v) is 9.03. The molecule has 2 N–H and O–H groups in total. The second kappa shape index (κ2) is 8.57. The number of benzene rings is 1. The van der Waals surface area contributed by atoms with E-state index in [9.17, 15) is 4.79 Å². The minimum absolute atomic E-state index is 0. The third kappa shape index (κ3) is 4.68. The smallest absolute Gasteiger partial charge is 0.274 e. The minimum atomic E-state index is -0.621. The molecule has 1 fully saturated rings. The number of rotatable bonds is 4. The summed E-state index contributed by atoms with van der Waals surface area (Å²) in [4.78, 5) is 12.6. The van der Waals surface area contributed by atoms with Crippen molar-refractivity contribution in [1.29, 1.82) is 0 Å². The van der Waals surface area contributed by atoms with Crippen LogP contribution in [0.4, 0.5) is 0 Å². The quantitative estimate of drug-likeness (QED) is 0.796. The molecule has 9 heteroatoms. The van der Waals surface area contributed by atoms with Crippen molar-refractivity contribution in [2.45, 2.75) is 38.3 Å². The van der Waals surface area contributed by atoms with Gasteiger partial charge >= 0.3 is 0 Å². The third-order valence-electron chi connectivity index (χ3n) is 4.49. The molecule has 0 radical (unpaired) electrons. The largest absolute Gasteiger partial charge is 0.342 e. The molecule has 2 heterocycles. The first kappa shape index (κ1) is 21.0. The third-order valence-corrected chi connectivity index (χ3v) is 5.23. The molecule has 1 aromatic carbocycles. The summed E-state index contributed by atoms with van der Waals surface area (Å²) in [7, 11) is 0. The lowest BCUT2D eigenvalue weighted by Gasteiger charge is -2.26. The lowest BCUT2D eigenvalue weighted by atomic mass is 9.94. The number of piperidine rings is 1. The van der Waals surface area contributed by atoms with Crippen LogP contribution in [0.2, 0.25) is 10.0 Å². The molecule has 1 saturated heterocycles. The van der Waals surface area contributed by atoms with Gasteiger partial charge in [-0.25, -0.2) is 4.68 Å². The molecular weight excluding hydrogens is 397 g/mol. The molecule has 3 rings (SSSR count). The van der Waals surface area contributed by atoms with Gasteiger partial charge in [0, 0.05) is 0 Å². The van der Waals surface area contributed by atoms with Crippen molar-refractivity contribution in [1.82, 2.24) is 25.6 Å². The summed E-state index contributed by atoms with van der Waals surface area (Å²) in [5, 5.41) is 15.4. The van der Waals surface area contributed by atoms with Crippen molar-refractivity contribution >= 4 is 41.5 Å². The highest BCUT2D eigenvalue weighted by atomic mass is 35.5. The number of halogens is 3. The summed E-state index contributed by atoms with van der Waals surface area (Å²) in [6.45, 7) is 5.72. The molecule has 0 saturated carbocycles. The van der Waals surface area contributed by atoms with Crippen LogP contribution in [0.3, 0.4) is 0 Å². The standard InChI is InChI=1S/C17H21Cl2N5O.ClH/c1-17(2,11-3-4-13(18)14(19)9-11)21-16(25)15-10-24(23-22-15)12-5-7-20-8-6-12;/h3-4,9-10,12,20H,5-8H2,1-2H3,(H,21,25);1H. The van der Waals surface area contributed by atoms with Crippen LogP contribution in [0, 0.1) is 0 Å². The molecule has 1 amide bonds. The van der Waals surface area contributed by atoms with Crippen molar-refractivity contribution in [3.8, 4) is 0 Å². The van der Waals surface area contributed by atoms with Gasteiger partial charge in [-0.05, 0) is 57.5 Å². The number of hydrogen-bond acceptors (Lipinski definition) is 4. The van der Waals surface area contributed by atoms with Gasteiger partial charge in [-0.2, -0.15) is 0 Å². The van der Waals surface area contributed by atoms with Gasteiger partial charge in [-0.3, -0.25) is 4.79 Å². The number of hydrogen-bond donors (Lipinski definition) is 2. The van der Waals surface area contributed by atoms with Gasteiger partial charge in [0.1, 0.15) is 0 Å². The van der Waals surface area contributed by atoms with Crippen molar-refractivity contribution in [2.24, 2.45) is 0 Å². The number of nitrogens with zero attached hydrogens (tertiary/aromatic N) is 3. The summed E-state index contributed by atoms with van der Waals surface area (Å²) in [5.41, 5.74) is 0.553. The van der Waals surface area contributed by atoms with E-state index in [-0.39, 0.29) is 18.3 Å². The number of carbonyl (C=O) groups is 1. The number of nitrogens with one attached hydrogen (secondary N) is 2. The maximum atomic E-state index is 12.6. The molecule has 0 atom stereocenters. The van der Waals surface area contributed by atoms with E-state index in [1.54, 1.807) is 23.0 Å². The predicted octanol–water partition coefficient (Wildman–Crippen LogP) is 3.60. The lowest BCUT2D eigenvalue weighted by molar-refractivity contribution is 0.0906. The summed E-state index contributed by atoms with van der Waals surface area (Å²) in [6.07, 6.45) is 3.69. The monoisotopic (exact) mass is 417 g/mol. The normalized spacial score (nSPS) is 15.4. The molecule has 6 nitrogen and oxygen atoms in total. The Morgan fingerprint density at radius 2 is 1.96 bits per heavy atom. The molecule has 1 aromatic heterocycles. The Hall–Kier alpha value is -1.34. The topological polar surface area (TPSA) is 71.8 Å². The van der Waals surface area contributed by atoms with E-state index in [0.717, 1.165) is 31.5 Å². The zero-order valence-corrected chi connectivity index (χ0v) is 17.0. The molecular formula is C17H22Cl3N5O. The van der Waals surface area contributed by atoms with Gasteiger partial charge in [0.2, 0.25) is 0 Å². The second-order valence-corrected chi connectivity index (χ2v) is 7.59. The van der Waals surface area contributed by atoms with Crippen molar-refractivity contribution < 1.29 is 4.79 Å². The lowest BCUT2D eigenvalue weighted by Crippen LogP contribution is -2.41. The van der Waals surface area contributed by atoms with Crippen molar-refractivity contribution in [2.75, 3.05) is 13.1 Å². The van der Waals surface area contributed by atoms with E-state index in [0.29, 0.717) is 21.8 Å². The first-order chi connectivity index (χ1) is 11.9. The van der Waals surface area contributed by atoms with Gasteiger partial charge in [0.05, 0.1) is 27.8 Å². The Morgan fingerprint density at radius 1 is 1.27 bits per heavy atom. The Bertz CT molecular complexity index is 772. The summed E-state index contributed by atoms with van der Waals surface area (Å²) in [6, 6.07) is 5.62. The molecule has 142 valence electrons. The van der Waals surface area contributed by atoms with Crippen molar-refractivity contribution in [3.63, 3.8) is 0 Å². The molecule has 1 aliphatic heterocycles. The van der Waals surface area contributed by atoms with E-state index in [1.807, 2.05) is 19.9 Å². The summed E-state index contributed by atoms with van der Waals surface area (Å²) < 4.78 is 1.79. The van der Waals surface area contributed by atoms with Crippen LogP contribution in [0.25, 0.3) is 0 Å². The van der Waals surface area contributed by atoms with E-state index >= 15 is 0 Å². The van der Waals surface area contributed by atoms with Crippen LogP contribution in [0.5, 0.6) is 0 Å². The fourth-order valence-electron chi connectivity index (χ4n) is 2.94. The molecule has 0 bridgehead atoms. The van der Waals surface area contributed by atoms with Gasteiger partial charge in [-0.15, -0.1) is 17.5 Å². The van der Waals surface area contributed by atoms with E-state index in [1.165, 1.54) is 0 Å². The van der Waals surface area contributed by atoms with Crippen LogP contribution in [0.15, 0.2) is 24.4 Å². The Labute approximate surface area is 169 Å². The van der Waals surface area contributed by atoms with E-state index in [2.05, 4.69) is 20.9 Å². The van der Waals surface area contributed by atoms with Gasteiger partial charge in [-0.1, -0.05) is 34.5 Å². The van der Waals surface area contributed by atoms with Crippen molar-refractivity contribution in [3.05, 3.63) is 45.7 Å². The Balaban J connectivity index is 0.00000243. The minimum Gasteiger partial charge on any atom is -0.342 e. The number of carbonyl (C=O) groups excluding carboxylic acids is 1. The fraction of sp³-hybridized carbons (Fsp3) is 0.471. The van der Waals surface area contributed by atoms with E-state index in [4.69, 9.17) is 23.2 Å². The maximum absolute atomic E-state index is 12.6. The summed E-state index contributed by atoms with van der Waals surface area (Å²) >= 11 is 12.1.